The molecule has 2 atom stereocenters. The van der Waals surface area contributed by atoms with Crippen LogP contribution in [0.1, 0.15) is 25.8 Å². The second-order valence-electron chi connectivity index (χ2n) is 7.03. The molecule has 2 nitrogen and oxygen atoms in total. The van der Waals surface area contributed by atoms with Gasteiger partial charge in [0.25, 0.3) is 0 Å². The molecule has 0 aliphatic carbocycles. The largest absolute Gasteiger partial charge is 0.316 e. The Morgan fingerprint density at radius 3 is 2.21 bits per heavy atom. The van der Waals surface area contributed by atoms with E-state index in [0.717, 1.165) is 6.54 Å². The van der Waals surface area contributed by atoms with E-state index in [1.54, 1.807) is 0 Å². The number of hydrogen-bond acceptors (Lipinski definition) is 2. The summed E-state index contributed by atoms with van der Waals surface area (Å²) in [6.07, 6.45) is 1.37. The van der Waals surface area contributed by atoms with Gasteiger partial charge >= 0.3 is 0 Å². The van der Waals surface area contributed by atoms with Gasteiger partial charge in [0.1, 0.15) is 0 Å². The van der Waals surface area contributed by atoms with E-state index in [9.17, 15) is 0 Å². The molecule has 2 fully saturated rings. The molecule has 0 aromatic heterocycles. The highest BCUT2D eigenvalue weighted by atomic mass is 35.5. The smallest absolute Gasteiger partial charge is 0.0234 e. The molecule has 2 bridgehead atoms. The van der Waals surface area contributed by atoms with Crippen molar-refractivity contribution in [1.29, 1.82) is 0 Å². The van der Waals surface area contributed by atoms with Crippen molar-refractivity contribution in [2.45, 2.75) is 26.8 Å². The Bertz CT molecular complexity index is 404. The van der Waals surface area contributed by atoms with E-state index in [-0.39, 0.29) is 12.4 Å². The summed E-state index contributed by atoms with van der Waals surface area (Å²) in [5.74, 6) is 0. The van der Waals surface area contributed by atoms with Crippen LogP contribution in [0, 0.1) is 10.8 Å². The standard InChI is InChI=1S/C16H24N2.ClH/c1-15-9-16(2,11-17-10-15)13-18(12-15)8-14-6-4-3-5-7-14;/h3-7,17H,8-13H2,1-2H3;1H. The Labute approximate surface area is 123 Å². The van der Waals surface area contributed by atoms with E-state index in [1.807, 2.05) is 0 Å². The number of nitrogens with zero attached hydrogens (tertiary/aromatic N) is 1. The molecule has 2 aliphatic heterocycles. The molecule has 0 spiro atoms. The molecule has 0 amide bonds. The van der Waals surface area contributed by atoms with Crippen LogP contribution < -0.4 is 5.32 Å². The number of hydrogen-bond donors (Lipinski definition) is 1. The molecule has 19 heavy (non-hydrogen) atoms. The van der Waals surface area contributed by atoms with E-state index in [1.165, 1.54) is 38.2 Å². The molecule has 1 N–H and O–H groups in total. The molecule has 2 unspecified atom stereocenters. The first-order chi connectivity index (χ1) is 8.57. The molecule has 2 aliphatic rings. The lowest BCUT2D eigenvalue weighted by molar-refractivity contribution is -0.0237. The van der Waals surface area contributed by atoms with E-state index >= 15 is 0 Å². The highest BCUT2D eigenvalue weighted by molar-refractivity contribution is 5.85. The highest BCUT2D eigenvalue weighted by Crippen LogP contribution is 2.42. The molecule has 3 rings (SSSR count). The second kappa shape index (κ2) is 5.43. The van der Waals surface area contributed by atoms with Crippen molar-refractivity contribution in [1.82, 2.24) is 10.2 Å². The van der Waals surface area contributed by atoms with Crippen LogP contribution in [0.4, 0.5) is 0 Å². The second-order valence-corrected chi connectivity index (χ2v) is 7.03. The summed E-state index contributed by atoms with van der Waals surface area (Å²) in [5.41, 5.74) is 2.36. The van der Waals surface area contributed by atoms with Gasteiger partial charge in [-0.05, 0) is 22.8 Å². The maximum Gasteiger partial charge on any atom is 0.0234 e. The Balaban J connectivity index is 0.00000133. The molecule has 0 radical (unpaired) electrons. The number of piperidine rings is 2. The summed E-state index contributed by atoms with van der Waals surface area (Å²) in [6.45, 7) is 10.8. The van der Waals surface area contributed by atoms with Crippen molar-refractivity contribution >= 4 is 12.4 Å². The summed E-state index contributed by atoms with van der Waals surface area (Å²) < 4.78 is 0. The first-order valence-electron chi connectivity index (χ1n) is 7.04. The molecule has 3 heteroatoms. The Kier molecular flexibility index (Phi) is 4.24. The van der Waals surface area contributed by atoms with Crippen LogP contribution in [0.15, 0.2) is 30.3 Å². The van der Waals surface area contributed by atoms with Gasteiger partial charge in [0.15, 0.2) is 0 Å². The third-order valence-electron chi connectivity index (χ3n) is 4.42. The number of fused-ring (bicyclic) bond motifs is 2. The van der Waals surface area contributed by atoms with E-state index in [0.29, 0.717) is 10.8 Å². The van der Waals surface area contributed by atoms with Crippen LogP contribution in [0.25, 0.3) is 0 Å². The fourth-order valence-electron chi connectivity index (χ4n) is 4.13. The zero-order chi connectivity index (χ0) is 12.6. The first-order valence-corrected chi connectivity index (χ1v) is 7.04. The first kappa shape index (κ1) is 14.8. The summed E-state index contributed by atoms with van der Waals surface area (Å²) in [4.78, 5) is 2.65. The number of nitrogens with one attached hydrogen (secondary N) is 1. The topological polar surface area (TPSA) is 15.3 Å². The molecule has 106 valence electrons. The number of likely N-dealkylation sites (tertiary alicyclic amines) is 1. The zero-order valence-corrected chi connectivity index (χ0v) is 12.8. The van der Waals surface area contributed by atoms with Crippen molar-refractivity contribution in [3.05, 3.63) is 35.9 Å². The van der Waals surface area contributed by atoms with E-state index in [4.69, 9.17) is 0 Å². The van der Waals surface area contributed by atoms with Crippen LogP contribution in [0.5, 0.6) is 0 Å². The predicted molar refractivity (Wildman–Crippen MR) is 82.7 cm³/mol. The van der Waals surface area contributed by atoms with Crippen LogP contribution in [-0.2, 0) is 6.54 Å². The van der Waals surface area contributed by atoms with Gasteiger partial charge in [0.2, 0.25) is 0 Å². The average Bonchev–Trinajstić information content (AvgIpc) is 2.27. The van der Waals surface area contributed by atoms with Gasteiger partial charge in [-0.3, -0.25) is 4.90 Å². The minimum Gasteiger partial charge on any atom is -0.316 e. The van der Waals surface area contributed by atoms with Gasteiger partial charge in [-0.1, -0.05) is 44.2 Å². The molecule has 2 heterocycles. The predicted octanol–water partition coefficient (Wildman–Crippen LogP) is 2.93. The third-order valence-corrected chi connectivity index (χ3v) is 4.42. The summed E-state index contributed by atoms with van der Waals surface area (Å²) in [7, 11) is 0. The number of rotatable bonds is 2. The summed E-state index contributed by atoms with van der Waals surface area (Å²) >= 11 is 0. The normalized spacial score (nSPS) is 34.6. The monoisotopic (exact) mass is 280 g/mol. The fourth-order valence-corrected chi connectivity index (χ4v) is 4.13. The Morgan fingerprint density at radius 1 is 1.05 bits per heavy atom. The molecular formula is C16H25ClN2. The third kappa shape index (κ3) is 3.31. The molecular weight excluding hydrogens is 256 g/mol. The van der Waals surface area contributed by atoms with Crippen LogP contribution >= 0.6 is 12.4 Å². The quantitative estimate of drug-likeness (QED) is 0.896. The van der Waals surface area contributed by atoms with E-state index in [2.05, 4.69) is 54.4 Å². The number of benzene rings is 1. The van der Waals surface area contributed by atoms with Crippen molar-refractivity contribution < 1.29 is 0 Å². The van der Waals surface area contributed by atoms with Gasteiger partial charge in [-0.2, -0.15) is 0 Å². The lowest BCUT2D eigenvalue weighted by Crippen LogP contribution is -2.60. The van der Waals surface area contributed by atoms with Gasteiger partial charge in [-0.15, -0.1) is 12.4 Å². The average molecular weight is 281 g/mol. The SMILES string of the molecule is CC12CNCC(C)(CN(Cc3ccccc3)C1)C2.Cl. The molecule has 2 saturated heterocycles. The molecule has 0 saturated carbocycles. The Morgan fingerprint density at radius 2 is 1.63 bits per heavy atom. The highest BCUT2D eigenvalue weighted by Gasteiger charge is 2.45. The number of halogens is 1. The van der Waals surface area contributed by atoms with Crippen LogP contribution in [0.3, 0.4) is 0 Å². The minimum atomic E-state index is 0. The lowest BCUT2D eigenvalue weighted by atomic mass is 9.66. The van der Waals surface area contributed by atoms with Gasteiger partial charge in [0.05, 0.1) is 0 Å². The Hall–Kier alpha value is -0.570. The maximum absolute atomic E-state index is 3.63. The zero-order valence-electron chi connectivity index (χ0n) is 12.0. The lowest BCUT2D eigenvalue weighted by Gasteiger charge is -2.54. The van der Waals surface area contributed by atoms with Crippen LogP contribution in [-0.4, -0.2) is 31.1 Å². The summed E-state index contributed by atoms with van der Waals surface area (Å²) in [5, 5.41) is 3.63. The molecule has 1 aromatic rings. The van der Waals surface area contributed by atoms with Crippen molar-refractivity contribution in [2.24, 2.45) is 10.8 Å². The van der Waals surface area contributed by atoms with Crippen molar-refractivity contribution in [3.63, 3.8) is 0 Å². The maximum atomic E-state index is 3.63. The van der Waals surface area contributed by atoms with Gasteiger partial charge < -0.3 is 5.32 Å². The van der Waals surface area contributed by atoms with E-state index < -0.39 is 0 Å². The van der Waals surface area contributed by atoms with Crippen LogP contribution in [0.2, 0.25) is 0 Å². The van der Waals surface area contributed by atoms with Gasteiger partial charge in [0, 0.05) is 32.7 Å². The van der Waals surface area contributed by atoms with Crippen molar-refractivity contribution in [2.75, 3.05) is 26.2 Å². The van der Waals surface area contributed by atoms with Crippen molar-refractivity contribution in [3.8, 4) is 0 Å². The molecule has 1 aromatic carbocycles. The van der Waals surface area contributed by atoms with Gasteiger partial charge in [-0.25, -0.2) is 0 Å². The minimum absolute atomic E-state index is 0. The summed E-state index contributed by atoms with van der Waals surface area (Å²) in [6, 6.07) is 10.9. The fraction of sp³-hybridized carbons (Fsp3) is 0.625.